The SMILES string of the molecule is c1ccc(B2c3cc4c(cc3B3c5ccccc5N(c5ccccc5)c5cccc2c53)N(c2ccccc2)c2cccc3c2B4c2ccccc2N3c2ccccc2)cc1. The van der Waals surface area contributed by atoms with Crippen molar-refractivity contribution in [1.29, 1.82) is 0 Å². The van der Waals surface area contributed by atoms with E-state index in [0.29, 0.717) is 0 Å². The van der Waals surface area contributed by atoms with E-state index < -0.39 is 0 Å². The molecular formula is C54H36B3N3. The molecule has 4 heterocycles. The Labute approximate surface area is 352 Å². The largest absolute Gasteiger partial charge is 0.312 e. The first-order valence-electron chi connectivity index (χ1n) is 21.1. The van der Waals surface area contributed by atoms with Crippen LogP contribution in [0.3, 0.4) is 0 Å². The third-order valence-electron chi connectivity index (χ3n) is 13.3. The van der Waals surface area contributed by atoms with E-state index in [9.17, 15) is 0 Å². The molecule has 0 amide bonds. The number of anilines is 9. The van der Waals surface area contributed by atoms with Crippen LogP contribution in [0.4, 0.5) is 51.2 Å². The van der Waals surface area contributed by atoms with Gasteiger partial charge in [-0.2, -0.15) is 0 Å². The molecule has 0 aromatic heterocycles. The van der Waals surface area contributed by atoms with E-state index in [0.717, 1.165) is 11.4 Å². The lowest BCUT2D eigenvalue weighted by Gasteiger charge is -2.46. The van der Waals surface area contributed by atoms with E-state index in [-0.39, 0.29) is 20.1 Å². The molecule has 0 unspecified atom stereocenters. The molecule has 13 rings (SSSR count). The standard InChI is InChI=1S/C54H36B3N3/c1-5-19-37(20-6-1)55-43-29-17-32-49-53(43)56(41-27-13-15-30-47(41)58(49)38-21-7-2-8-22-38)45-36-52-46(35-44(45)55)57-42-28-14-16-31-48(42)59(39-23-9-3-10-24-39)50-33-18-34-51(54(50)57)60(52)40-25-11-4-12-26-40/h1-36H. The summed E-state index contributed by atoms with van der Waals surface area (Å²) in [5.74, 6) is 0. The molecule has 4 aliphatic heterocycles. The summed E-state index contributed by atoms with van der Waals surface area (Å²) in [6.07, 6.45) is 0. The van der Waals surface area contributed by atoms with Crippen molar-refractivity contribution >= 4 is 120 Å². The van der Waals surface area contributed by atoms with Crippen LogP contribution < -0.4 is 63.9 Å². The lowest BCUT2D eigenvalue weighted by molar-refractivity contribution is 1.25. The van der Waals surface area contributed by atoms with Crippen molar-refractivity contribution < 1.29 is 0 Å². The fourth-order valence-electron chi connectivity index (χ4n) is 11.1. The molecule has 0 bridgehead atoms. The Kier molecular flexibility index (Phi) is 7.29. The van der Waals surface area contributed by atoms with Crippen LogP contribution in [0.5, 0.6) is 0 Å². The highest BCUT2D eigenvalue weighted by atomic mass is 15.2. The van der Waals surface area contributed by atoms with Crippen LogP contribution in [-0.2, 0) is 0 Å². The Bertz CT molecular complexity index is 2930. The minimum atomic E-state index is 0.0315. The Morgan fingerprint density at radius 1 is 0.233 bits per heavy atom. The average molecular weight is 759 g/mol. The predicted molar refractivity (Wildman–Crippen MR) is 257 cm³/mol. The molecule has 9 aromatic carbocycles. The molecule has 3 nitrogen and oxygen atoms in total. The van der Waals surface area contributed by atoms with Crippen molar-refractivity contribution in [3.05, 3.63) is 218 Å². The maximum Gasteiger partial charge on any atom is 0.252 e. The van der Waals surface area contributed by atoms with Gasteiger partial charge in [-0.25, -0.2) is 0 Å². The Balaban J connectivity index is 1.14. The van der Waals surface area contributed by atoms with Crippen molar-refractivity contribution in [2.24, 2.45) is 0 Å². The summed E-state index contributed by atoms with van der Waals surface area (Å²) in [7, 11) is 0. The van der Waals surface area contributed by atoms with Crippen molar-refractivity contribution in [2.45, 2.75) is 0 Å². The van der Waals surface area contributed by atoms with E-state index in [4.69, 9.17) is 0 Å². The highest BCUT2D eigenvalue weighted by molar-refractivity contribution is 7.13. The lowest BCUT2D eigenvalue weighted by Crippen LogP contribution is -2.77. The fraction of sp³-hybridized carbons (Fsp3) is 0. The van der Waals surface area contributed by atoms with Gasteiger partial charge in [0.05, 0.1) is 0 Å². The van der Waals surface area contributed by atoms with E-state index in [1.54, 1.807) is 0 Å². The van der Waals surface area contributed by atoms with Crippen molar-refractivity contribution in [1.82, 2.24) is 0 Å². The van der Waals surface area contributed by atoms with E-state index >= 15 is 0 Å². The van der Waals surface area contributed by atoms with Crippen LogP contribution in [0.1, 0.15) is 0 Å². The maximum atomic E-state index is 2.62. The number of fused-ring (bicyclic) bond motifs is 8. The smallest absolute Gasteiger partial charge is 0.252 e. The number of rotatable bonds is 4. The normalized spacial score (nSPS) is 13.8. The summed E-state index contributed by atoms with van der Waals surface area (Å²) in [5.41, 5.74) is 23.1. The average Bonchev–Trinajstić information content (AvgIpc) is 3.32. The number of para-hydroxylation sites is 5. The summed E-state index contributed by atoms with van der Waals surface area (Å²) in [6.45, 7) is 0.122. The van der Waals surface area contributed by atoms with Crippen LogP contribution in [-0.4, -0.2) is 20.1 Å². The third-order valence-corrected chi connectivity index (χ3v) is 13.3. The van der Waals surface area contributed by atoms with Gasteiger partial charge in [0.1, 0.15) is 0 Å². The van der Waals surface area contributed by atoms with Gasteiger partial charge in [-0.15, -0.1) is 0 Å². The second-order valence-electron chi connectivity index (χ2n) is 16.4. The van der Waals surface area contributed by atoms with Crippen LogP contribution in [0.2, 0.25) is 0 Å². The predicted octanol–water partition coefficient (Wildman–Crippen LogP) is 6.90. The summed E-state index contributed by atoms with van der Waals surface area (Å²) < 4.78 is 0. The molecule has 0 radical (unpaired) electrons. The molecule has 6 heteroatoms. The summed E-state index contributed by atoms with van der Waals surface area (Å²) in [6, 6.07) is 81.3. The second-order valence-corrected chi connectivity index (χ2v) is 16.4. The van der Waals surface area contributed by atoms with Gasteiger partial charge in [-0.05, 0) is 100 Å². The number of hydrogen-bond donors (Lipinski definition) is 0. The molecule has 0 aliphatic carbocycles. The Morgan fingerprint density at radius 3 is 1.17 bits per heavy atom. The Morgan fingerprint density at radius 2 is 0.617 bits per heavy atom. The topological polar surface area (TPSA) is 9.72 Å². The van der Waals surface area contributed by atoms with Gasteiger partial charge in [-0.3, -0.25) is 0 Å². The Hall–Kier alpha value is -7.43. The molecule has 60 heavy (non-hydrogen) atoms. The zero-order valence-corrected chi connectivity index (χ0v) is 32.9. The molecule has 0 N–H and O–H groups in total. The van der Waals surface area contributed by atoms with E-state index in [1.165, 1.54) is 89.0 Å². The number of hydrogen-bond acceptors (Lipinski definition) is 3. The molecule has 0 saturated heterocycles. The quantitative estimate of drug-likeness (QED) is 0.181. The van der Waals surface area contributed by atoms with Crippen LogP contribution in [0, 0.1) is 0 Å². The minimum Gasteiger partial charge on any atom is -0.312 e. The molecule has 0 spiro atoms. The van der Waals surface area contributed by atoms with Gasteiger partial charge in [0.15, 0.2) is 0 Å². The first-order chi connectivity index (χ1) is 29.8. The molecule has 0 fully saturated rings. The lowest BCUT2D eigenvalue weighted by atomic mass is 9.19. The zero-order chi connectivity index (χ0) is 39.3. The molecule has 9 aromatic rings. The van der Waals surface area contributed by atoms with Crippen LogP contribution in [0.15, 0.2) is 218 Å². The number of nitrogens with zero attached hydrogens (tertiary/aromatic N) is 3. The van der Waals surface area contributed by atoms with E-state index in [2.05, 4.69) is 233 Å². The molecule has 4 aliphatic rings. The zero-order valence-electron chi connectivity index (χ0n) is 32.9. The first kappa shape index (κ1) is 33.5. The van der Waals surface area contributed by atoms with E-state index in [1.807, 2.05) is 0 Å². The summed E-state index contributed by atoms with van der Waals surface area (Å²) in [4.78, 5) is 7.51. The maximum absolute atomic E-state index is 2.62. The van der Waals surface area contributed by atoms with Gasteiger partial charge in [0, 0.05) is 51.2 Å². The summed E-state index contributed by atoms with van der Waals surface area (Å²) in [5, 5.41) is 0. The highest BCUT2D eigenvalue weighted by Gasteiger charge is 2.48. The van der Waals surface area contributed by atoms with Crippen molar-refractivity contribution in [3.63, 3.8) is 0 Å². The van der Waals surface area contributed by atoms with Crippen LogP contribution in [0.25, 0.3) is 0 Å². The molecular weight excluding hydrogens is 723 g/mol. The van der Waals surface area contributed by atoms with Gasteiger partial charge >= 0.3 is 0 Å². The van der Waals surface area contributed by atoms with Gasteiger partial charge in [0.2, 0.25) is 13.4 Å². The molecule has 276 valence electrons. The van der Waals surface area contributed by atoms with Crippen LogP contribution >= 0.6 is 0 Å². The van der Waals surface area contributed by atoms with Gasteiger partial charge < -0.3 is 14.7 Å². The van der Waals surface area contributed by atoms with Crippen molar-refractivity contribution in [2.75, 3.05) is 14.7 Å². The first-order valence-corrected chi connectivity index (χ1v) is 21.1. The van der Waals surface area contributed by atoms with Crippen molar-refractivity contribution in [3.8, 4) is 0 Å². The second kappa shape index (κ2) is 13.0. The van der Waals surface area contributed by atoms with Gasteiger partial charge in [0.25, 0.3) is 6.71 Å². The third kappa shape index (κ3) is 4.70. The summed E-state index contributed by atoms with van der Waals surface area (Å²) >= 11 is 0. The number of benzene rings is 9. The molecule has 0 atom stereocenters. The van der Waals surface area contributed by atoms with Gasteiger partial charge in [-0.1, -0.05) is 167 Å². The molecule has 0 saturated carbocycles. The monoisotopic (exact) mass is 759 g/mol. The fourth-order valence-corrected chi connectivity index (χ4v) is 11.1. The highest BCUT2D eigenvalue weighted by Crippen LogP contribution is 2.44. The minimum absolute atomic E-state index is 0.0315.